The third kappa shape index (κ3) is 2.25. The van der Waals surface area contributed by atoms with Gasteiger partial charge in [-0.15, -0.1) is 0 Å². The summed E-state index contributed by atoms with van der Waals surface area (Å²) in [5.74, 6) is -0.940. The zero-order chi connectivity index (χ0) is 13.5. The van der Waals surface area contributed by atoms with Gasteiger partial charge in [0.25, 0.3) is 0 Å². The number of imide groups is 2. The molecule has 0 unspecified atom stereocenters. The second-order valence-corrected chi connectivity index (χ2v) is 5.55. The number of carbonyl (C=O) groups is 3. The molecule has 1 saturated carbocycles. The van der Waals surface area contributed by atoms with Crippen LogP contribution >= 0.6 is 0 Å². The third-order valence-corrected chi connectivity index (χ3v) is 3.66. The molecule has 2 rings (SSSR count). The van der Waals surface area contributed by atoms with Gasteiger partial charge in [-0.1, -0.05) is 0 Å². The average Bonchev–Trinajstić information content (AvgIpc) is 3.10. The molecule has 100 valence electrons. The zero-order valence-electron chi connectivity index (χ0n) is 11.0. The van der Waals surface area contributed by atoms with E-state index in [-0.39, 0.29) is 0 Å². The number of hydrogen-bond acceptors (Lipinski definition) is 4. The first-order valence-corrected chi connectivity index (χ1v) is 6.21. The van der Waals surface area contributed by atoms with Gasteiger partial charge in [-0.3, -0.25) is 19.8 Å². The van der Waals surface area contributed by atoms with Crippen molar-refractivity contribution in [3.8, 4) is 0 Å². The fraction of sp³-hybridized carbons (Fsp3) is 0.750. The number of carbonyl (C=O) groups excluding carboxylic acids is 3. The molecule has 0 aromatic heterocycles. The number of nitrogens with zero attached hydrogens (tertiary/aromatic N) is 2. The Hall–Kier alpha value is -1.43. The SMILES string of the molecule is CN(CCN1C(=O)NC(=O)C(C)(C)C1=O)C1CC1. The summed E-state index contributed by atoms with van der Waals surface area (Å²) in [5.41, 5.74) is -1.16. The van der Waals surface area contributed by atoms with E-state index in [1.54, 1.807) is 0 Å². The molecule has 2 aliphatic rings. The lowest BCUT2D eigenvalue weighted by atomic mass is 9.89. The first-order valence-electron chi connectivity index (χ1n) is 6.21. The molecular formula is C12H19N3O3. The molecule has 18 heavy (non-hydrogen) atoms. The molecule has 6 heteroatoms. The van der Waals surface area contributed by atoms with E-state index in [2.05, 4.69) is 10.2 Å². The lowest BCUT2D eigenvalue weighted by molar-refractivity contribution is -0.149. The molecule has 1 heterocycles. The van der Waals surface area contributed by atoms with Gasteiger partial charge < -0.3 is 4.90 Å². The number of nitrogens with one attached hydrogen (secondary N) is 1. The van der Waals surface area contributed by atoms with Gasteiger partial charge in [0, 0.05) is 19.1 Å². The van der Waals surface area contributed by atoms with Crippen LogP contribution in [-0.2, 0) is 9.59 Å². The van der Waals surface area contributed by atoms with Gasteiger partial charge in [-0.25, -0.2) is 4.79 Å². The van der Waals surface area contributed by atoms with Crippen molar-refractivity contribution < 1.29 is 14.4 Å². The smallest absolute Gasteiger partial charge is 0.302 e. The van der Waals surface area contributed by atoms with Crippen LogP contribution in [0.15, 0.2) is 0 Å². The van der Waals surface area contributed by atoms with Crippen molar-refractivity contribution >= 4 is 17.8 Å². The fourth-order valence-electron chi connectivity index (χ4n) is 2.01. The van der Waals surface area contributed by atoms with Crippen LogP contribution in [0.3, 0.4) is 0 Å². The Morgan fingerprint density at radius 2 is 1.94 bits per heavy atom. The molecule has 0 radical (unpaired) electrons. The fourth-order valence-corrected chi connectivity index (χ4v) is 2.01. The summed E-state index contributed by atoms with van der Waals surface area (Å²) in [6.07, 6.45) is 2.36. The number of likely N-dealkylation sites (N-methyl/N-ethyl adjacent to an activating group) is 1. The number of urea groups is 1. The second kappa shape index (κ2) is 4.35. The molecule has 1 aliphatic carbocycles. The maximum Gasteiger partial charge on any atom is 0.330 e. The molecule has 0 aromatic rings. The van der Waals surface area contributed by atoms with Gasteiger partial charge in [-0.2, -0.15) is 0 Å². The molecule has 0 aromatic carbocycles. The van der Waals surface area contributed by atoms with Crippen molar-refractivity contribution in [1.29, 1.82) is 0 Å². The topological polar surface area (TPSA) is 69.7 Å². The highest BCUT2D eigenvalue weighted by atomic mass is 16.2. The van der Waals surface area contributed by atoms with Crippen LogP contribution in [0.4, 0.5) is 4.79 Å². The average molecular weight is 253 g/mol. The largest absolute Gasteiger partial charge is 0.330 e. The summed E-state index contributed by atoms with van der Waals surface area (Å²) in [6.45, 7) is 4.05. The standard InChI is InChI=1S/C12H19N3O3/c1-12(2)9(16)13-11(18)15(10(12)17)7-6-14(3)8-4-5-8/h8H,4-7H2,1-3H3,(H,13,16,18). The molecule has 1 aliphatic heterocycles. The summed E-state index contributed by atoms with van der Waals surface area (Å²) in [7, 11) is 1.99. The van der Waals surface area contributed by atoms with E-state index < -0.39 is 23.3 Å². The van der Waals surface area contributed by atoms with Crippen molar-refractivity contribution in [2.24, 2.45) is 5.41 Å². The van der Waals surface area contributed by atoms with Crippen LogP contribution < -0.4 is 5.32 Å². The van der Waals surface area contributed by atoms with Crippen LogP contribution in [0.5, 0.6) is 0 Å². The minimum absolute atomic E-state index is 0.328. The Bertz CT molecular complexity index is 401. The van der Waals surface area contributed by atoms with Crippen molar-refractivity contribution in [2.45, 2.75) is 32.7 Å². The second-order valence-electron chi connectivity index (χ2n) is 5.55. The maximum absolute atomic E-state index is 12.1. The normalized spacial score (nSPS) is 23.6. The molecule has 1 saturated heterocycles. The van der Waals surface area contributed by atoms with Gasteiger partial charge in [0.1, 0.15) is 5.41 Å². The molecule has 0 spiro atoms. The van der Waals surface area contributed by atoms with Crippen LogP contribution in [0.25, 0.3) is 0 Å². The molecular weight excluding hydrogens is 234 g/mol. The van der Waals surface area contributed by atoms with E-state index >= 15 is 0 Å². The quantitative estimate of drug-likeness (QED) is 0.726. The molecule has 0 atom stereocenters. The van der Waals surface area contributed by atoms with E-state index in [1.165, 1.54) is 26.7 Å². The number of hydrogen-bond donors (Lipinski definition) is 1. The van der Waals surface area contributed by atoms with Crippen LogP contribution in [-0.4, -0.2) is 53.8 Å². The number of barbiturate groups is 1. The Morgan fingerprint density at radius 1 is 1.33 bits per heavy atom. The molecule has 0 bridgehead atoms. The van der Waals surface area contributed by atoms with Crippen LogP contribution in [0.1, 0.15) is 26.7 Å². The molecule has 4 amide bonds. The van der Waals surface area contributed by atoms with Crippen molar-refractivity contribution in [3.05, 3.63) is 0 Å². The van der Waals surface area contributed by atoms with Crippen molar-refractivity contribution in [2.75, 3.05) is 20.1 Å². The zero-order valence-corrected chi connectivity index (χ0v) is 11.0. The lowest BCUT2D eigenvalue weighted by Gasteiger charge is -2.35. The molecule has 1 N–H and O–H groups in total. The lowest BCUT2D eigenvalue weighted by Crippen LogP contribution is -2.62. The third-order valence-electron chi connectivity index (χ3n) is 3.66. The first kappa shape index (κ1) is 13.0. The monoisotopic (exact) mass is 253 g/mol. The highest BCUT2D eigenvalue weighted by molar-refractivity contribution is 6.18. The van der Waals surface area contributed by atoms with Gasteiger partial charge in [0.15, 0.2) is 0 Å². The van der Waals surface area contributed by atoms with E-state index in [0.29, 0.717) is 19.1 Å². The van der Waals surface area contributed by atoms with E-state index in [0.717, 1.165) is 4.90 Å². The van der Waals surface area contributed by atoms with E-state index in [1.807, 2.05) is 7.05 Å². The first-order chi connectivity index (χ1) is 8.34. The Kier molecular flexibility index (Phi) is 3.14. The van der Waals surface area contributed by atoms with Crippen molar-refractivity contribution in [1.82, 2.24) is 15.1 Å². The van der Waals surface area contributed by atoms with Gasteiger partial charge in [-0.05, 0) is 33.7 Å². The Morgan fingerprint density at radius 3 is 2.50 bits per heavy atom. The highest BCUT2D eigenvalue weighted by Crippen LogP contribution is 2.26. The Labute approximate surface area is 106 Å². The predicted molar refractivity (Wildman–Crippen MR) is 64.7 cm³/mol. The summed E-state index contributed by atoms with van der Waals surface area (Å²) in [4.78, 5) is 38.6. The predicted octanol–water partition coefficient (Wildman–Crippen LogP) is 0.185. The van der Waals surface area contributed by atoms with E-state index in [4.69, 9.17) is 0 Å². The molecule has 6 nitrogen and oxygen atoms in total. The van der Waals surface area contributed by atoms with Crippen LogP contribution in [0.2, 0.25) is 0 Å². The van der Waals surface area contributed by atoms with Gasteiger partial charge >= 0.3 is 6.03 Å². The maximum atomic E-state index is 12.1. The van der Waals surface area contributed by atoms with Crippen molar-refractivity contribution in [3.63, 3.8) is 0 Å². The summed E-state index contributed by atoms with van der Waals surface area (Å²) < 4.78 is 0. The minimum atomic E-state index is -1.16. The number of amides is 4. The summed E-state index contributed by atoms with van der Waals surface area (Å²) in [5, 5.41) is 2.23. The summed E-state index contributed by atoms with van der Waals surface area (Å²) >= 11 is 0. The number of rotatable bonds is 4. The highest BCUT2D eigenvalue weighted by Gasteiger charge is 2.46. The summed E-state index contributed by atoms with van der Waals surface area (Å²) in [6, 6.07) is -0.0175. The molecule has 2 fully saturated rings. The van der Waals surface area contributed by atoms with Crippen LogP contribution in [0, 0.1) is 5.41 Å². The van der Waals surface area contributed by atoms with E-state index in [9.17, 15) is 14.4 Å². The minimum Gasteiger partial charge on any atom is -0.302 e. The Balaban J connectivity index is 1.99. The van der Waals surface area contributed by atoms with Gasteiger partial charge in [0.05, 0.1) is 0 Å². The van der Waals surface area contributed by atoms with Gasteiger partial charge in [0.2, 0.25) is 11.8 Å².